The lowest BCUT2D eigenvalue weighted by molar-refractivity contribution is 0.223. The molecule has 0 N–H and O–H groups in total. The first-order valence-corrected chi connectivity index (χ1v) is 18.8. The van der Waals surface area contributed by atoms with Crippen LogP contribution in [0.25, 0.3) is 50.0 Å². The number of para-hydroxylation sites is 2. The first kappa shape index (κ1) is 31.4. The molecule has 1 aliphatic heterocycles. The zero-order valence-electron chi connectivity index (χ0n) is 29.8. The van der Waals surface area contributed by atoms with E-state index >= 15 is 0 Å². The van der Waals surface area contributed by atoms with Crippen LogP contribution in [0.15, 0.2) is 199 Å². The van der Waals surface area contributed by atoms with Gasteiger partial charge in [0.15, 0.2) is 5.58 Å². The number of aromatic nitrogens is 1. The fraction of sp³-hybridized carbons (Fsp3) is 0.0392. The first-order valence-electron chi connectivity index (χ1n) is 18.8. The van der Waals surface area contributed by atoms with Crippen molar-refractivity contribution in [1.82, 2.24) is 4.98 Å². The van der Waals surface area contributed by atoms with Crippen molar-refractivity contribution in [3.63, 3.8) is 0 Å². The van der Waals surface area contributed by atoms with Gasteiger partial charge in [-0.1, -0.05) is 127 Å². The average molecular weight is 707 g/mol. The van der Waals surface area contributed by atoms with Crippen LogP contribution in [0.5, 0.6) is 5.75 Å². The number of ether oxygens (including phenoxy) is 1. The van der Waals surface area contributed by atoms with E-state index in [0.717, 1.165) is 50.6 Å². The van der Waals surface area contributed by atoms with E-state index < -0.39 is 0 Å². The highest BCUT2D eigenvalue weighted by atomic mass is 16.5. The molecule has 1 aliphatic carbocycles. The standard InChI is InChI=1S/C51H34N2O2/c1-2-10-33(11-3-1)35-18-24-39(25-19-35)53(41-28-20-34-12-4-5-13-37(34)30-41)40-26-21-36(22-27-40)44-32-46-45-31-38(51-52-47-16-8-9-17-49(47)55-51)23-29-48(45)54-50(46)43-15-7-6-14-42(43)44/h1-32,46,50H. The lowest BCUT2D eigenvalue weighted by atomic mass is 9.78. The topological polar surface area (TPSA) is 38.5 Å². The van der Waals surface area contributed by atoms with Crippen molar-refractivity contribution in [2.24, 2.45) is 0 Å². The molecule has 9 aromatic rings. The summed E-state index contributed by atoms with van der Waals surface area (Å²) in [5.41, 5.74) is 14.2. The Bertz CT molecular complexity index is 2880. The van der Waals surface area contributed by atoms with Crippen LogP contribution in [-0.4, -0.2) is 4.98 Å². The summed E-state index contributed by atoms with van der Waals surface area (Å²) in [6.07, 6.45) is 2.29. The number of benzene rings is 8. The summed E-state index contributed by atoms with van der Waals surface area (Å²) in [4.78, 5) is 7.13. The fourth-order valence-electron chi connectivity index (χ4n) is 8.35. The Morgan fingerprint density at radius 3 is 1.95 bits per heavy atom. The van der Waals surface area contributed by atoms with Gasteiger partial charge in [-0.25, -0.2) is 4.98 Å². The highest BCUT2D eigenvalue weighted by Crippen LogP contribution is 2.53. The number of oxazole rings is 1. The van der Waals surface area contributed by atoms with Crippen molar-refractivity contribution < 1.29 is 9.15 Å². The summed E-state index contributed by atoms with van der Waals surface area (Å²) in [5, 5.41) is 2.43. The van der Waals surface area contributed by atoms with Gasteiger partial charge in [0.1, 0.15) is 17.4 Å². The molecule has 2 atom stereocenters. The second kappa shape index (κ2) is 12.8. The van der Waals surface area contributed by atoms with E-state index in [1.807, 2.05) is 30.3 Å². The van der Waals surface area contributed by atoms with Gasteiger partial charge in [0.25, 0.3) is 0 Å². The molecule has 0 saturated heterocycles. The Labute approximate surface area is 319 Å². The smallest absolute Gasteiger partial charge is 0.227 e. The van der Waals surface area contributed by atoms with Crippen LogP contribution >= 0.6 is 0 Å². The van der Waals surface area contributed by atoms with Crippen LogP contribution in [0.1, 0.15) is 34.3 Å². The largest absolute Gasteiger partial charge is 0.484 e. The fourth-order valence-corrected chi connectivity index (χ4v) is 8.35. The molecule has 11 rings (SSSR count). The van der Waals surface area contributed by atoms with Gasteiger partial charge in [-0.05, 0) is 105 Å². The summed E-state index contributed by atoms with van der Waals surface area (Å²) >= 11 is 0. The van der Waals surface area contributed by atoms with Gasteiger partial charge in [-0.2, -0.15) is 0 Å². The number of hydrogen-bond acceptors (Lipinski definition) is 4. The monoisotopic (exact) mass is 706 g/mol. The van der Waals surface area contributed by atoms with Crippen LogP contribution in [-0.2, 0) is 0 Å². The van der Waals surface area contributed by atoms with Gasteiger partial charge in [0, 0.05) is 39.7 Å². The van der Waals surface area contributed by atoms with E-state index in [1.54, 1.807) is 0 Å². The molecule has 4 nitrogen and oxygen atoms in total. The van der Waals surface area contributed by atoms with Crippen molar-refractivity contribution in [3.05, 3.63) is 216 Å². The second-order valence-electron chi connectivity index (χ2n) is 14.3. The van der Waals surface area contributed by atoms with Crippen molar-refractivity contribution in [2.75, 3.05) is 4.90 Å². The quantitative estimate of drug-likeness (QED) is 0.173. The van der Waals surface area contributed by atoms with Gasteiger partial charge >= 0.3 is 0 Å². The molecular weight excluding hydrogens is 673 g/mol. The Hall–Kier alpha value is -7.17. The zero-order chi connectivity index (χ0) is 36.3. The van der Waals surface area contributed by atoms with Gasteiger partial charge in [0.05, 0.1) is 0 Å². The minimum atomic E-state index is -0.102. The molecule has 2 unspecified atom stereocenters. The molecule has 2 aliphatic rings. The lowest BCUT2D eigenvalue weighted by Gasteiger charge is -2.28. The van der Waals surface area contributed by atoms with E-state index in [4.69, 9.17) is 14.1 Å². The van der Waals surface area contributed by atoms with Gasteiger partial charge in [-0.15, -0.1) is 0 Å². The number of nitrogens with zero attached hydrogens (tertiary/aromatic N) is 2. The van der Waals surface area contributed by atoms with E-state index in [9.17, 15) is 0 Å². The van der Waals surface area contributed by atoms with Crippen LogP contribution in [0.2, 0.25) is 0 Å². The second-order valence-corrected chi connectivity index (χ2v) is 14.3. The van der Waals surface area contributed by atoms with E-state index in [0.29, 0.717) is 5.89 Å². The SMILES string of the molecule is C1=C(c2ccc(N(c3ccc(-c4ccccc4)cc3)c3ccc4ccccc4c3)cc2)c2ccccc2C2Oc3ccc(-c4nc5ccccc5o4)cc3C12. The molecular formula is C51H34N2O2. The number of rotatable bonds is 6. The third-order valence-electron chi connectivity index (χ3n) is 11.1. The lowest BCUT2D eigenvalue weighted by Crippen LogP contribution is -2.16. The Morgan fingerprint density at radius 1 is 0.473 bits per heavy atom. The van der Waals surface area contributed by atoms with Crippen molar-refractivity contribution in [2.45, 2.75) is 12.0 Å². The van der Waals surface area contributed by atoms with Gasteiger partial charge in [0.2, 0.25) is 5.89 Å². The Morgan fingerprint density at radius 2 is 1.13 bits per heavy atom. The predicted octanol–water partition coefficient (Wildman–Crippen LogP) is 13.4. The minimum Gasteiger partial charge on any atom is -0.484 e. The van der Waals surface area contributed by atoms with Crippen LogP contribution in [0.3, 0.4) is 0 Å². The Balaban J connectivity index is 0.984. The molecule has 0 radical (unpaired) electrons. The zero-order valence-corrected chi connectivity index (χ0v) is 29.8. The summed E-state index contributed by atoms with van der Waals surface area (Å²) in [6.45, 7) is 0. The van der Waals surface area contributed by atoms with Crippen LogP contribution in [0, 0.1) is 0 Å². The molecule has 0 bridgehead atoms. The van der Waals surface area contributed by atoms with Crippen molar-refractivity contribution >= 4 is 44.5 Å². The highest BCUT2D eigenvalue weighted by molar-refractivity contribution is 5.91. The highest BCUT2D eigenvalue weighted by Gasteiger charge is 2.39. The molecule has 0 spiro atoms. The van der Waals surface area contributed by atoms with E-state index in [-0.39, 0.29) is 12.0 Å². The summed E-state index contributed by atoms with van der Waals surface area (Å²) < 4.78 is 12.9. The molecule has 0 saturated carbocycles. The third-order valence-corrected chi connectivity index (χ3v) is 11.1. The maximum atomic E-state index is 6.68. The summed E-state index contributed by atoms with van der Waals surface area (Å²) in [7, 11) is 0. The average Bonchev–Trinajstić information content (AvgIpc) is 3.86. The van der Waals surface area contributed by atoms with Crippen LogP contribution in [0.4, 0.5) is 17.1 Å². The van der Waals surface area contributed by atoms with Crippen molar-refractivity contribution in [1.29, 1.82) is 0 Å². The normalized spacial score (nSPS) is 15.5. The van der Waals surface area contributed by atoms with Gasteiger partial charge < -0.3 is 14.1 Å². The first-order chi connectivity index (χ1) is 27.2. The summed E-state index contributed by atoms with van der Waals surface area (Å²) in [5.74, 6) is 1.57. The number of fused-ring (bicyclic) bond motifs is 7. The molecule has 260 valence electrons. The summed E-state index contributed by atoms with van der Waals surface area (Å²) in [6, 6.07) is 66.5. The molecule has 55 heavy (non-hydrogen) atoms. The molecule has 2 heterocycles. The third kappa shape index (κ3) is 5.42. The maximum absolute atomic E-state index is 6.68. The molecule has 8 aromatic carbocycles. The number of anilines is 3. The Kier molecular flexibility index (Phi) is 7.27. The maximum Gasteiger partial charge on any atom is 0.227 e. The van der Waals surface area contributed by atoms with Crippen LogP contribution < -0.4 is 9.64 Å². The van der Waals surface area contributed by atoms with Crippen molar-refractivity contribution in [3.8, 4) is 28.3 Å². The van der Waals surface area contributed by atoms with E-state index in [2.05, 4.69) is 169 Å². The number of hydrogen-bond donors (Lipinski definition) is 0. The molecule has 0 fully saturated rings. The van der Waals surface area contributed by atoms with Gasteiger partial charge in [-0.3, -0.25) is 0 Å². The minimum absolute atomic E-state index is 0.0427. The molecule has 4 heteroatoms. The molecule has 1 aromatic heterocycles. The molecule has 0 amide bonds. The predicted molar refractivity (Wildman–Crippen MR) is 223 cm³/mol. The van der Waals surface area contributed by atoms with E-state index in [1.165, 1.54) is 38.6 Å².